The summed E-state index contributed by atoms with van der Waals surface area (Å²) >= 11 is 5.90. The van der Waals surface area contributed by atoms with Crippen molar-refractivity contribution < 1.29 is 17.9 Å². The maximum Gasteiger partial charge on any atom is 0.344 e. The van der Waals surface area contributed by atoms with E-state index in [0.717, 1.165) is 5.56 Å². The number of hydrogen-bond donors (Lipinski definition) is 0. The molecule has 0 aliphatic carbocycles. The van der Waals surface area contributed by atoms with Crippen LogP contribution in [0.5, 0.6) is 0 Å². The summed E-state index contributed by atoms with van der Waals surface area (Å²) in [6, 6.07) is 20.7. The van der Waals surface area contributed by atoms with E-state index >= 15 is 0 Å². The second-order valence-corrected chi connectivity index (χ2v) is 7.99. The average Bonchev–Trinajstić information content (AvgIpc) is 2.69. The molecular weight excluding hydrogens is 398 g/mol. The zero-order chi connectivity index (χ0) is 20.1. The normalized spacial score (nSPS) is 11.9. The average molecular weight is 414 g/mol. The van der Waals surface area contributed by atoms with Crippen molar-refractivity contribution in [2.75, 3.05) is 0 Å². The smallest absolute Gasteiger partial charge is 0.344 e. The third kappa shape index (κ3) is 4.85. The zero-order valence-corrected chi connectivity index (χ0v) is 16.4. The van der Waals surface area contributed by atoms with Crippen molar-refractivity contribution in [3.8, 4) is 0 Å². The van der Waals surface area contributed by atoms with Crippen LogP contribution in [-0.4, -0.2) is 20.3 Å². The molecule has 0 spiro atoms. The summed E-state index contributed by atoms with van der Waals surface area (Å²) in [6.45, 7) is 1.85. The van der Waals surface area contributed by atoms with E-state index in [-0.39, 0.29) is 16.4 Å². The fourth-order valence-corrected chi connectivity index (χ4v) is 3.39. The van der Waals surface area contributed by atoms with Crippen molar-refractivity contribution in [3.05, 3.63) is 101 Å². The molecular formula is C21H16ClNO4S. The quantitative estimate of drug-likeness (QED) is 0.355. The van der Waals surface area contributed by atoms with Crippen LogP contribution in [0.25, 0.3) is 0 Å². The fourth-order valence-electron chi connectivity index (χ4n) is 2.32. The lowest BCUT2D eigenvalue weighted by Gasteiger charge is -2.09. The van der Waals surface area contributed by atoms with Gasteiger partial charge in [-0.1, -0.05) is 47.5 Å². The van der Waals surface area contributed by atoms with E-state index in [1.54, 1.807) is 54.6 Å². The SMILES string of the molecule is Cc1ccc(S(=O)(=O)/N=C(/OC(=O)c2ccccc2)c2ccc(Cl)cc2)cc1. The standard InChI is InChI=1S/C21H16ClNO4S/c1-15-7-13-19(14-8-15)28(25,26)23-20(16-9-11-18(22)12-10-16)27-21(24)17-5-3-2-4-6-17/h2-14H,1H3/b23-20+. The molecule has 0 aliphatic heterocycles. The van der Waals surface area contributed by atoms with Crippen molar-refractivity contribution in [2.24, 2.45) is 4.40 Å². The van der Waals surface area contributed by atoms with E-state index in [9.17, 15) is 13.2 Å². The largest absolute Gasteiger partial charge is 0.402 e. The highest BCUT2D eigenvalue weighted by Gasteiger charge is 2.19. The Bertz CT molecular complexity index is 1110. The molecule has 0 radical (unpaired) electrons. The summed E-state index contributed by atoms with van der Waals surface area (Å²) in [5.41, 5.74) is 1.50. The third-order valence-corrected chi connectivity index (χ3v) is 5.34. The summed E-state index contributed by atoms with van der Waals surface area (Å²) < 4.78 is 34.5. The van der Waals surface area contributed by atoms with Gasteiger partial charge in [0.15, 0.2) is 0 Å². The highest BCUT2D eigenvalue weighted by atomic mass is 35.5. The zero-order valence-electron chi connectivity index (χ0n) is 14.9. The highest BCUT2D eigenvalue weighted by molar-refractivity contribution is 7.90. The molecule has 0 heterocycles. The number of carbonyl (C=O) groups is 1. The van der Waals surface area contributed by atoms with Crippen molar-refractivity contribution in [2.45, 2.75) is 11.8 Å². The first-order valence-corrected chi connectivity index (χ1v) is 10.1. The number of esters is 1. The van der Waals surface area contributed by atoms with Crippen molar-refractivity contribution in [3.63, 3.8) is 0 Å². The van der Waals surface area contributed by atoms with Gasteiger partial charge in [-0.05, 0) is 55.5 Å². The maximum absolute atomic E-state index is 12.7. The number of nitrogens with zero attached hydrogens (tertiary/aromatic N) is 1. The van der Waals surface area contributed by atoms with Gasteiger partial charge < -0.3 is 4.74 Å². The lowest BCUT2D eigenvalue weighted by atomic mass is 10.2. The second kappa shape index (κ2) is 8.37. The first kappa shape index (κ1) is 19.8. The first-order chi connectivity index (χ1) is 13.3. The molecule has 0 aliphatic rings. The monoisotopic (exact) mass is 413 g/mol. The lowest BCUT2D eigenvalue weighted by Crippen LogP contribution is -2.16. The number of halogens is 1. The first-order valence-electron chi connectivity index (χ1n) is 8.30. The Hall–Kier alpha value is -2.96. The van der Waals surface area contributed by atoms with Gasteiger partial charge in [-0.25, -0.2) is 4.79 Å². The summed E-state index contributed by atoms with van der Waals surface area (Å²) in [7, 11) is -4.08. The van der Waals surface area contributed by atoms with Gasteiger partial charge in [0.05, 0.1) is 10.5 Å². The number of hydrogen-bond acceptors (Lipinski definition) is 4. The Kier molecular flexibility index (Phi) is 5.92. The Morgan fingerprint density at radius 3 is 2.07 bits per heavy atom. The van der Waals surface area contributed by atoms with Gasteiger partial charge in [0.1, 0.15) is 0 Å². The Morgan fingerprint density at radius 1 is 0.857 bits per heavy atom. The molecule has 0 saturated carbocycles. The molecule has 5 nitrogen and oxygen atoms in total. The number of rotatable bonds is 4. The highest BCUT2D eigenvalue weighted by Crippen LogP contribution is 2.18. The van der Waals surface area contributed by atoms with Gasteiger partial charge >= 0.3 is 5.97 Å². The van der Waals surface area contributed by atoms with Crippen LogP contribution in [0.4, 0.5) is 0 Å². The second-order valence-electron chi connectivity index (χ2n) is 5.95. The van der Waals surface area contributed by atoms with E-state index in [2.05, 4.69) is 4.40 Å². The number of aryl methyl sites for hydroxylation is 1. The number of benzene rings is 3. The molecule has 3 aromatic rings. The molecule has 142 valence electrons. The fraction of sp³-hybridized carbons (Fsp3) is 0.0476. The molecule has 0 aromatic heterocycles. The van der Waals surface area contributed by atoms with Gasteiger partial charge in [-0.3, -0.25) is 0 Å². The van der Waals surface area contributed by atoms with Crippen LogP contribution < -0.4 is 0 Å². The molecule has 0 amide bonds. The molecule has 7 heteroatoms. The number of sulfonamides is 1. The minimum absolute atomic E-state index is 0.000300. The molecule has 0 unspecified atom stereocenters. The molecule has 0 fully saturated rings. The summed E-state index contributed by atoms with van der Waals surface area (Å²) in [5, 5.41) is 0.457. The van der Waals surface area contributed by atoms with E-state index in [1.165, 1.54) is 24.3 Å². The van der Waals surface area contributed by atoms with Crippen LogP contribution in [0.3, 0.4) is 0 Å². The molecule has 0 atom stereocenters. The minimum atomic E-state index is -4.08. The predicted octanol–water partition coefficient (Wildman–Crippen LogP) is 4.64. The van der Waals surface area contributed by atoms with Gasteiger partial charge in [0, 0.05) is 10.6 Å². The Morgan fingerprint density at radius 2 is 1.46 bits per heavy atom. The summed E-state index contributed by atoms with van der Waals surface area (Å²) in [6.07, 6.45) is 0. The van der Waals surface area contributed by atoms with Gasteiger partial charge in [-0.15, -0.1) is 4.40 Å². The summed E-state index contributed by atoms with van der Waals surface area (Å²) in [4.78, 5) is 12.4. The lowest BCUT2D eigenvalue weighted by molar-refractivity contribution is 0.0718. The van der Waals surface area contributed by atoms with Crippen LogP contribution in [0, 0.1) is 6.92 Å². The summed E-state index contributed by atoms with van der Waals surface area (Å²) in [5.74, 6) is -1.04. The minimum Gasteiger partial charge on any atom is -0.402 e. The van der Waals surface area contributed by atoms with E-state index in [4.69, 9.17) is 16.3 Å². The number of ether oxygens (including phenoxy) is 1. The molecule has 0 N–H and O–H groups in total. The van der Waals surface area contributed by atoms with E-state index in [1.807, 2.05) is 6.92 Å². The van der Waals surface area contributed by atoms with Crippen LogP contribution >= 0.6 is 11.6 Å². The number of carbonyl (C=O) groups excluding carboxylic acids is 1. The van der Waals surface area contributed by atoms with Gasteiger partial charge in [-0.2, -0.15) is 8.42 Å². The maximum atomic E-state index is 12.7. The van der Waals surface area contributed by atoms with Crippen LogP contribution in [0.2, 0.25) is 5.02 Å². The molecule has 0 bridgehead atoms. The van der Waals surface area contributed by atoms with Crippen molar-refractivity contribution in [1.29, 1.82) is 0 Å². The topological polar surface area (TPSA) is 72.8 Å². The van der Waals surface area contributed by atoms with Crippen molar-refractivity contribution >= 4 is 33.5 Å². The molecule has 0 saturated heterocycles. The van der Waals surface area contributed by atoms with Gasteiger partial charge in [0.25, 0.3) is 10.0 Å². The Balaban J connectivity index is 2.02. The van der Waals surface area contributed by atoms with E-state index in [0.29, 0.717) is 10.6 Å². The molecule has 28 heavy (non-hydrogen) atoms. The van der Waals surface area contributed by atoms with E-state index < -0.39 is 16.0 Å². The van der Waals surface area contributed by atoms with Gasteiger partial charge in [0.2, 0.25) is 5.90 Å². The molecule has 3 aromatic carbocycles. The third-order valence-electron chi connectivity index (χ3n) is 3.81. The molecule has 3 rings (SSSR count). The van der Waals surface area contributed by atoms with Crippen LogP contribution in [0.1, 0.15) is 21.5 Å². The van der Waals surface area contributed by atoms with Crippen LogP contribution in [-0.2, 0) is 14.8 Å². The predicted molar refractivity (Wildman–Crippen MR) is 108 cm³/mol. The van der Waals surface area contributed by atoms with Crippen LogP contribution in [0.15, 0.2) is 88.2 Å². The Labute approximate surface area is 168 Å². The van der Waals surface area contributed by atoms with Crippen molar-refractivity contribution in [1.82, 2.24) is 0 Å².